The smallest absolute Gasteiger partial charge is 0.326 e. The second-order valence-corrected chi connectivity index (χ2v) is 8.60. The van der Waals surface area contributed by atoms with Crippen LogP contribution >= 0.6 is 11.8 Å². The maximum absolute atomic E-state index is 12.4. The van der Waals surface area contributed by atoms with Crippen molar-refractivity contribution >= 4 is 33.7 Å². The number of carbonyl (C=O) groups excluding carboxylic acids is 1. The van der Waals surface area contributed by atoms with Crippen molar-refractivity contribution in [2.45, 2.75) is 25.4 Å². The van der Waals surface area contributed by atoms with E-state index in [9.17, 15) is 23.1 Å². The molecule has 1 heterocycles. The lowest BCUT2D eigenvalue weighted by Gasteiger charge is -2.23. The Balaban J connectivity index is 2.09. The van der Waals surface area contributed by atoms with E-state index in [1.807, 2.05) is 6.07 Å². The van der Waals surface area contributed by atoms with Gasteiger partial charge in [-0.2, -0.15) is 4.31 Å². The van der Waals surface area contributed by atoms with Crippen molar-refractivity contribution in [3.8, 4) is 0 Å². The highest BCUT2D eigenvalue weighted by molar-refractivity contribution is 8.00. The van der Waals surface area contributed by atoms with Crippen molar-refractivity contribution in [1.82, 2.24) is 9.62 Å². The monoisotopic (exact) mass is 372 g/mol. The molecule has 24 heavy (non-hydrogen) atoms. The minimum absolute atomic E-state index is 0.0935. The van der Waals surface area contributed by atoms with E-state index >= 15 is 0 Å². The van der Waals surface area contributed by atoms with Crippen molar-refractivity contribution in [2.24, 2.45) is 0 Å². The third kappa shape index (κ3) is 4.49. The van der Waals surface area contributed by atoms with Gasteiger partial charge in [0.15, 0.2) is 0 Å². The largest absolute Gasteiger partial charge is 0.480 e. The lowest BCUT2D eigenvalue weighted by atomic mass is 10.1. The number of aliphatic carboxylic acids is 1. The molecule has 1 aromatic carbocycles. The van der Waals surface area contributed by atoms with Crippen LogP contribution in [0.4, 0.5) is 0 Å². The fourth-order valence-corrected chi connectivity index (χ4v) is 5.26. The number of carbonyl (C=O) groups is 2. The van der Waals surface area contributed by atoms with Gasteiger partial charge in [-0.3, -0.25) is 4.79 Å². The SMILES string of the molecule is CCS(=O)(=O)N1CSC[C@@H]1C(=O)N[C@@H](Cc1ccccc1)C(=O)O. The minimum Gasteiger partial charge on any atom is -0.480 e. The van der Waals surface area contributed by atoms with E-state index in [2.05, 4.69) is 5.32 Å². The summed E-state index contributed by atoms with van der Waals surface area (Å²) in [4.78, 5) is 23.9. The zero-order valence-electron chi connectivity index (χ0n) is 13.2. The van der Waals surface area contributed by atoms with Crippen LogP contribution < -0.4 is 5.32 Å². The summed E-state index contributed by atoms with van der Waals surface area (Å²) in [6.45, 7) is 1.52. The van der Waals surface area contributed by atoms with Gasteiger partial charge in [0.1, 0.15) is 12.1 Å². The molecule has 1 amide bonds. The maximum atomic E-state index is 12.4. The lowest BCUT2D eigenvalue weighted by molar-refractivity contribution is -0.142. The van der Waals surface area contributed by atoms with Crippen LogP contribution in [0.2, 0.25) is 0 Å². The van der Waals surface area contributed by atoms with E-state index in [1.54, 1.807) is 24.3 Å². The first kappa shape index (κ1) is 18.8. The van der Waals surface area contributed by atoms with E-state index < -0.39 is 34.0 Å². The molecular formula is C15H20N2O5S2. The molecule has 0 spiro atoms. The number of rotatable bonds is 7. The van der Waals surface area contributed by atoms with Gasteiger partial charge in [-0.15, -0.1) is 11.8 Å². The molecule has 1 saturated heterocycles. The van der Waals surface area contributed by atoms with Crippen molar-refractivity contribution < 1.29 is 23.1 Å². The maximum Gasteiger partial charge on any atom is 0.326 e. The average Bonchev–Trinajstić information content (AvgIpc) is 3.05. The molecule has 1 aliphatic rings. The molecule has 0 radical (unpaired) electrons. The summed E-state index contributed by atoms with van der Waals surface area (Å²) in [6.07, 6.45) is 0.141. The normalized spacial score (nSPS) is 19.8. The van der Waals surface area contributed by atoms with Crippen LogP contribution in [0, 0.1) is 0 Å². The van der Waals surface area contributed by atoms with Crippen LogP contribution in [0.5, 0.6) is 0 Å². The van der Waals surface area contributed by atoms with Crippen LogP contribution in [-0.4, -0.2) is 59.2 Å². The number of benzene rings is 1. The number of nitrogens with one attached hydrogen (secondary N) is 1. The fraction of sp³-hybridized carbons (Fsp3) is 0.467. The van der Waals surface area contributed by atoms with Gasteiger partial charge >= 0.3 is 5.97 Å². The number of amides is 1. The van der Waals surface area contributed by atoms with Crippen LogP contribution in [0.3, 0.4) is 0 Å². The molecular weight excluding hydrogens is 352 g/mol. The number of carboxylic acids is 1. The number of hydrogen-bond acceptors (Lipinski definition) is 5. The Morgan fingerprint density at radius 3 is 2.62 bits per heavy atom. The van der Waals surface area contributed by atoms with Gasteiger partial charge in [0.25, 0.3) is 0 Å². The average molecular weight is 372 g/mol. The summed E-state index contributed by atoms with van der Waals surface area (Å²) in [5.74, 6) is -1.28. The summed E-state index contributed by atoms with van der Waals surface area (Å²) >= 11 is 1.34. The molecule has 132 valence electrons. The molecule has 2 N–H and O–H groups in total. The summed E-state index contributed by atoms with van der Waals surface area (Å²) in [5, 5.41) is 11.8. The molecule has 0 aliphatic carbocycles. The quantitative estimate of drug-likeness (QED) is 0.723. The molecule has 2 rings (SSSR count). The second kappa shape index (κ2) is 8.00. The number of carboxylic acid groups (broad SMARTS) is 1. The Morgan fingerprint density at radius 1 is 1.38 bits per heavy atom. The summed E-state index contributed by atoms with van der Waals surface area (Å²) < 4.78 is 25.2. The highest BCUT2D eigenvalue weighted by Gasteiger charge is 2.39. The Labute approximate surface area is 145 Å². The molecule has 7 nitrogen and oxygen atoms in total. The molecule has 0 unspecified atom stereocenters. The van der Waals surface area contributed by atoms with Crippen molar-refractivity contribution in [3.63, 3.8) is 0 Å². The van der Waals surface area contributed by atoms with Gasteiger partial charge in [-0.1, -0.05) is 30.3 Å². The third-order valence-corrected chi connectivity index (χ3v) is 6.77. The highest BCUT2D eigenvalue weighted by Crippen LogP contribution is 2.24. The number of sulfonamides is 1. The molecule has 1 aromatic rings. The molecule has 1 aliphatic heterocycles. The fourth-order valence-electron chi connectivity index (χ4n) is 2.39. The molecule has 1 fully saturated rings. The first-order valence-corrected chi connectivity index (χ1v) is 10.3. The third-order valence-electron chi connectivity index (χ3n) is 3.76. The van der Waals surface area contributed by atoms with Crippen molar-refractivity contribution in [2.75, 3.05) is 17.4 Å². The van der Waals surface area contributed by atoms with Gasteiger partial charge in [-0.25, -0.2) is 13.2 Å². The standard InChI is InChI=1S/C15H20N2O5S2/c1-2-24(21,22)17-10-23-9-13(17)14(18)16-12(15(19)20)8-11-6-4-3-5-7-11/h3-7,12-13H,2,8-10H2,1H3,(H,16,18)(H,19,20)/t12-,13+/m0/s1. The van der Waals surface area contributed by atoms with Crippen LogP contribution in [0.25, 0.3) is 0 Å². The van der Waals surface area contributed by atoms with Crippen LogP contribution in [-0.2, 0) is 26.0 Å². The van der Waals surface area contributed by atoms with Gasteiger partial charge in [0.05, 0.1) is 11.6 Å². The minimum atomic E-state index is -3.50. The van der Waals surface area contributed by atoms with E-state index in [0.717, 1.165) is 9.87 Å². The van der Waals surface area contributed by atoms with Crippen LogP contribution in [0.15, 0.2) is 30.3 Å². The van der Waals surface area contributed by atoms with Gasteiger partial charge in [-0.05, 0) is 12.5 Å². The summed E-state index contributed by atoms with van der Waals surface area (Å²) in [6, 6.07) is 7.00. The number of thioether (sulfide) groups is 1. The molecule has 0 bridgehead atoms. The molecule has 2 atom stereocenters. The van der Waals surface area contributed by atoms with Crippen molar-refractivity contribution in [3.05, 3.63) is 35.9 Å². The lowest BCUT2D eigenvalue weighted by Crippen LogP contribution is -2.52. The van der Waals surface area contributed by atoms with Crippen molar-refractivity contribution in [1.29, 1.82) is 0 Å². The first-order chi connectivity index (χ1) is 11.3. The molecule has 9 heteroatoms. The zero-order valence-corrected chi connectivity index (χ0v) is 14.8. The van der Waals surface area contributed by atoms with Crippen LogP contribution in [0.1, 0.15) is 12.5 Å². The number of hydrogen-bond donors (Lipinski definition) is 2. The molecule has 0 aromatic heterocycles. The van der Waals surface area contributed by atoms with Gasteiger partial charge in [0.2, 0.25) is 15.9 Å². The van der Waals surface area contributed by atoms with E-state index in [1.165, 1.54) is 18.7 Å². The summed E-state index contributed by atoms with van der Waals surface area (Å²) in [7, 11) is -3.50. The highest BCUT2D eigenvalue weighted by atomic mass is 32.2. The summed E-state index contributed by atoms with van der Waals surface area (Å²) in [5.41, 5.74) is 0.782. The van der Waals surface area contributed by atoms with Gasteiger partial charge in [0, 0.05) is 12.2 Å². The Hall–Kier alpha value is -1.58. The predicted molar refractivity (Wildman–Crippen MR) is 92.1 cm³/mol. The Bertz CT molecular complexity index is 693. The predicted octanol–water partition coefficient (Wildman–Crippen LogP) is 0.523. The van der Waals surface area contributed by atoms with E-state index in [-0.39, 0.29) is 18.1 Å². The second-order valence-electron chi connectivity index (χ2n) is 5.39. The molecule has 0 saturated carbocycles. The zero-order chi connectivity index (χ0) is 17.7. The Morgan fingerprint density at radius 2 is 2.04 bits per heavy atom. The van der Waals surface area contributed by atoms with E-state index in [0.29, 0.717) is 5.75 Å². The van der Waals surface area contributed by atoms with E-state index in [4.69, 9.17) is 0 Å². The van der Waals surface area contributed by atoms with Gasteiger partial charge < -0.3 is 10.4 Å². The first-order valence-electron chi connectivity index (χ1n) is 7.49. The Kier molecular flexibility index (Phi) is 6.25. The topological polar surface area (TPSA) is 104 Å². The number of nitrogens with zero attached hydrogens (tertiary/aromatic N) is 1.